The van der Waals surface area contributed by atoms with E-state index in [1.54, 1.807) is 6.92 Å². The van der Waals surface area contributed by atoms with E-state index in [-0.39, 0.29) is 17.7 Å². The van der Waals surface area contributed by atoms with E-state index in [1.165, 1.54) is 0 Å². The fourth-order valence-electron chi connectivity index (χ4n) is 3.95. The van der Waals surface area contributed by atoms with Crippen molar-refractivity contribution >= 4 is 33.8 Å². The summed E-state index contributed by atoms with van der Waals surface area (Å²) in [5.74, 6) is 0.0992. The number of hydrogen-bond donors (Lipinski definition) is 1. The van der Waals surface area contributed by atoms with Gasteiger partial charge >= 0.3 is 0 Å². The van der Waals surface area contributed by atoms with E-state index in [0.717, 1.165) is 53.9 Å². The highest BCUT2D eigenvalue weighted by Gasteiger charge is 2.25. The van der Waals surface area contributed by atoms with Crippen LogP contribution in [0.5, 0.6) is 0 Å². The molecule has 30 heavy (non-hydrogen) atoms. The van der Waals surface area contributed by atoms with Crippen molar-refractivity contribution in [1.82, 2.24) is 4.90 Å². The Morgan fingerprint density at radius 2 is 1.53 bits per heavy atom. The maximum absolute atomic E-state index is 12.8. The van der Waals surface area contributed by atoms with Crippen LogP contribution in [0.25, 0.3) is 10.8 Å². The molecule has 1 aliphatic rings. The molecule has 0 radical (unpaired) electrons. The van der Waals surface area contributed by atoms with Gasteiger partial charge in [0.1, 0.15) is 0 Å². The zero-order valence-electron chi connectivity index (χ0n) is 17.5. The van der Waals surface area contributed by atoms with Crippen molar-refractivity contribution in [3.8, 4) is 0 Å². The molecule has 4 rings (SSSR count). The Morgan fingerprint density at radius 3 is 2.20 bits per heavy atom. The van der Waals surface area contributed by atoms with Crippen molar-refractivity contribution in [2.45, 2.75) is 19.9 Å². The normalized spacial score (nSPS) is 15.7. The Kier molecular flexibility index (Phi) is 5.81. The van der Waals surface area contributed by atoms with Gasteiger partial charge in [0.15, 0.2) is 5.78 Å². The summed E-state index contributed by atoms with van der Waals surface area (Å²) in [6, 6.07) is 21.7. The fraction of sp³-hybridized carbons (Fsp3) is 0.280. The molecular formula is C25H27N3O2. The smallest absolute Gasteiger partial charge is 0.241 e. The fourth-order valence-corrected chi connectivity index (χ4v) is 3.95. The van der Waals surface area contributed by atoms with Gasteiger partial charge in [-0.1, -0.05) is 30.3 Å². The molecule has 3 aromatic carbocycles. The zero-order valence-corrected chi connectivity index (χ0v) is 17.5. The molecule has 1 N–H and O–H groups in total. The summed E-state index contributed by atoms with van der Waals surface area (Å²) < 4.78 is 0. The van der Waals surface area contributed by atoms with Gasteiger partial charge in [0.05, 0.1) is 6.04 Å². The SMILES string of the molecule is CC(=O)c1ccc(N2CCN([C@H](C)C(=O)Nc3ccc4ccccc4c3)CC2)cc1. The number of fused-ring (bicyclic) bond motifs is 1. The van der Waals surface area contributed by atoms with Crippen molar-refractivity contribution in [3.63, 3.8) is 0 Å². The molecular weight excluding hydrogens is 374 g/mol. The number of nitrogens with zero attached hydrogens (tertiary/aromatic N) is 2. The summed E-state index contributed by atoms with van der Waals surface area (Å²) >= 11 is 0. The third-order valence-corrected chi connectivity index (χ3v) is 5.90. The zero-order chi connectivity index (χ0) is 21.1. The van der Waals surface area contributed by atoms with Gasteiger partial charge in [0.25, 0.3) is 0 Å². The highest BCUT2D eigenvalue weighted by Crippen LogP contribution is 2.21. The summed E-state index contributed by atoms with van der Waals surface area (Å²) in [5, 5.41) is 5.35. The second kappa shape index (κ2) is 8.67. The molecule has 0 aliphatic carbocycles. The first-order chi connectivity index (χ1) is 14.5. The van der Waals surface area contributed by atoms with Gasteiger partial charge in [-0.2, -0.15) is 0 Å². The van der Waals surface area contributed by atoms with Gasteiger partial charge in [0, 0.05) is 43.1 Å². The minimum absolute atomic E-state index is 0.0181. The topological polar surface area (TPSA) is 52.7 Å². The van der Waals surface area contributed by atoms with Gasteiger partial charge in [-0.15, -0.1) is 0 Å². The number of ketones is 1. The third-order valence-electron chi connectivity index (χ3n) is 5.90. The minimum atomic E-state index is -0.196. The van der Waals surface area contributed by atoms with E-state index in [9.17, 15) is 9.59 Å². The number of amides is 1. The van der Waals surface area contributed by atoms with Crippen LogP contribution in [0, 0.1) is 0 Å². The van der Waals surface area contributed by atoms with Gasteiger partial charge in [-0.05, 0) is 61.0 Å². The lowest BCUT2D eigenvalue weighted by molar-refractivity contribution is -0.120. The number of piperazine rings is 1. The predicted octanol–water partition coefficient (Wildman–Crippen LogP) is 4.19. The standard InChI is InChI=1S/C25H27N3O2/c1-18(25(30)26-23-10-7-21-5-3-4-6-22(21)17-23)27-13-15-28(16-14-27)24-11-8-20(9-12-24)19(2)29/h3-12,17-18H,13-16H2,1-2H3,(H,26,30)/t18-/m1/s1. The highest BCUT2D eigenvalue weighted by atomic mass is 16.2. The number of carbonyl (C=O) groups is 2. The van der Waals surface area contributed by atoms with E-state index in [1.807, 2.05) is 61.5 Å². The Morgan fingerprint density at radius 1 is 0.867 bits per heavy atom. The Hall–Kier alpha value is -3.18. The molecule has 1 heterocycles. The molecule has 0 bridgehead atoms. The van der Waals surface area contributed by atoms with Crippen LogP contribution in [0.2, 0.25) is 0 Å². The molecule has 1 atom stereocenters. The van der Waals surface area contributed by atoms with Crippen LogP contribution in [-0.4, -0.2) is 48.8 Å². The number of rotatable bonds is 5. The van der Waals surface area contributed by atoms with Crippen LogP contribution < -0.4 is 10.2 Å². The van der Waals surface area contributed by atoms with Crippen LogP contribution >= 0.6 is 0 Å². The van der Waals surface area contributed by atoms with Crippen molar-refractivity contribution in [2.24, 2.45) is 0 Å². The van der Waals surface area contributed by atoms with Gasteiger partial charge in [0.2, 0.25) is 5.91 Å². The quantitative estimate of drug-likeness (QED) is 0.652. The number of Topliss-reactive ketones (excluding diaryl/α,β-unsaturated/α-hetero) is 1. The second-order valence-electron chi connectivity index (χ2n) is 7.85. The van der Waals surface area contributed by atoms with E-state index in [0.29, 0.717) is 0 Å². The summed E-state index contributed by atoms with van der Waals surface area (Å²) in [6.07, 6.45) is 0. The maximum atomic E-state index is 12.8. The largest absolute Gasteiger partial charge is 0.369 e. The van der Waals surface area contributed by atoms with E-state index in [4.69, 9.17) is 0 Å². The molecule has 0 aromatic heterocycles. The average molecular weight is 402 g/mol. The molecule has 5 nitrogen and oxygen atoms in total. The van der Waals surface area contributed by atoms with Crippen molar-refractivity contribution < 1.29 is 9.59 Å². The van der Waals surface area contributed by atoms with Crippen LogP contribution in [0.15, 0.2) is 66.7 Å². The molecule has 0 saturated carbocycles. The number of anilines is 2. The Labute approximate surface area is 177 Å². The molecule has 1 aliphatic heterocycles. The molecule has 5 heteroatoms. The minimum Gasteiger partial charge on any atom is -0.369 e. The number of carbonyl (C=O) groups excluding carboxylic acids is 2. The van der Waals surface area contributed by atoms with Crippen molar-refractivity contribution in [3.05, 3.63) is 72.3 Å². The third kappa shape index (κ3) is 4.36. The predicted molar refractivity (Wildman–Crippen MR) is 122 cm³/mol. The number of hydrogen-bond acceptors (Lipinski definition) is 4. The summed E-state index contributed by atoms with van der Waals surface area (Å²) in [6.45, 7) is 6.90. The lowest BCUT2D eigenvalue weighted by Gasteiger charge is -2.38. The van der Waals surface area contributed by atoms with Gasteiger partial charge < -0.3 is 10.2 Å². The van der Waals surface area contributed by atoms with Gasteiger partial charge in [-0.3, -0.25) is 14.5 Å². The highest BCUT2D eigenvalue weighted by molar-refractivity contribution is 5.97. The molecule has 1 amide bonds. The molecule has 0 spiro atoms. The molecule has 0 unspecified atom stereocenters. The summed E-state index contributed by atoms with van der Waals surface area (Å²) in [4.78, 5) is 28.8. The maximum Gasteiger partial charge on any atom is 0.241 e. The van der Waals surface area contributed by atoms with E-state index >= 15 is 0 Å². The average Bonchev–Trinajstić information content (AvgIpc) is 2.78. The van der Waals surface area contributed by atoms with Crippen molar-refractivity contribution in [2.75, 3.05) is 36.4 Å². The monoisotopic (exact) mass is 401 g/mol. The van der Waals surface area contributed by atoms with E-state index < -0.39 is 0 Å². The van der Waals surface area contributed by atoms with E-state index in [2.05, 4.69) is 27.2 Å². The van der Waals surface area contributed by atoms with Crippen LogP contribution in [0.3, 0.4) is 0 Å². The molecule has 3 aromatic rings. The first-order valence-electron chi connectivity index (χ1n) is 10.4. The lowest BCUT2D eigenvalue weighted by Crippen LogP contribution is -2.52. The molecule has 1 fully saturated rings. The Bertz CT molecular complexity index is 1050. The Balaban J connectivity index is 1.34. The lowest BCUT2D eigenvalue weighted by atomic mass is 10.1. The number of nitrogens with one attached hydrogen (secondary N) is 1. The van der Waals surface area contributed by atoms with Crippen LogP contribution in [0.4, 0.5) is 11.4 Å². The first-order valence-corrected chi connectivity index (χ1v) is 10.4. The molecule has 1 saturated heterocycles. The molecule has 154 valence electrons. The summed E-state index contributed by atoms with van der Waals surface area (Å²) in [5.41, 5.74) is 2.68. The summed E-state index contributed by atoms with van der Waals surface area (Å²) in [7, 11) is 0. The first kappa shape index (κ1) is 20.1. The van der Waals surface area contributed by atoms with Gasteiger partial charge in [-0.25, -0.2) is 0 Å². The van der Waals surface area contributed by atoms with Crippen LogP contribution in [0.1, 0.15) is 24.2 Å². The van der Waals surface area contributed by atoms with Crippen molar-refractivity contribution in [1.29, 1.82) is 0 Å². The number of benzene rings is 3. The second-order valence-corrected chi connectivity index (χ2v) is 7.85. The van der Waals surface area contributed by atoms with Crippen LogP contribution in [-0.2, 0) is 4.79 Å².